The average Bonchev–Trinajstić information content (AvgIpc) is 0.745. The van der Waals surface area contributed by atoms with Crippen LogP contribution in [0.15, 0.2) is 189 Å². The van der Waals surface area contributed by atoms with Crippen molar-refractivity contribution >= 4 is 11.6 Å². The van der Waals surface area contributed by atoms with Gasteiger partial charge in [0.05, 0.1) is 16.1 Å². The predicted molar refractivity (Wildman–Crippen MR) is 432 cm³/mol. The highest BCUT2D eigenvalue weighted by Gasteiger charge is 2.37. The standard InChI is InChI=1S/C24H24ClF3N2O.C23H24F3N3O.C21H27F3N2O.C21H23N3O/c1-14-5-6-16(12-29-14)19-10-17(9-18(22(19)31)13-30-23(2,3)4)15-7-8-21(25)20(11-15)24(26,27)28;1-14-5-6-16(12-27-14)19-10-17(9-18(21(19)30)13-29-22(2,3)4)15-7-8-20(28-11-15)23(24,25)26;1-19(2,3)14-9-13(11-26-20(4,5)6)18(27)15(10-14)16-12-25-8-7-17(16)21(22,23)24;1-21(2,3)24-14-18-10-17(15-6-4-8-22-12-15)11-19(20(18)25)16-7-5-9-23-13-16/h5-12,30-31H,13H2,1-4H3;5-12,29-30H,13H2,1-4H3;7-10,12,26-27H,11H2,1-6H3;4-13,24-25H,14H2,1-3H3. The van der Waals surface area contributed by atoms with Gasteiger partial charge in [0.2, 0.25) is 0 Å². The van der Waals surface area contributed by atoms with Gasteiger partial charge in [-0.05, 0) is 221 Å². The lowest BCUT2D eigenvalue weighted by Crippen LogP contribution is -2.35. The van der Waals surface area contributed by atoms with Crippen molar-refractivity contribution in [1.82, 2.24) is 51.2 Å². The molecule has 11 rings (SSSR count). The lowest BCUT2D eigenvalue weighted by molar-refractivity contribution is -0.141. The number of benzene rings is 5. The van der Waals surface area contributed by atoms with E-state index in [1.165, 1.54) is 18.3 Å². The Bertz CT molecular complexity index is 5030. The number of rotatable bonds is 15. The molecule has 113 heavy (non-hydrogen) atoms. The Hall–Kier alpha value is -10.3. The molecule has 0 aliphatic heterocycles. The molecule has 0 radical (unpaired) electrons. The first-order valence-electron chi connectivity index (χ1n) is 36.5. The third-order valence-electron chi connectivity index (χ3n) is 17.7. The second-order valence-electron chi connectivity index (χ2n) is 32.7. The highest BCUT2D eigenvalue weighted by Crippen LogP contribution is 2.46. The van der Waals surface area contributed by atoms with Gasteiger partial charge in [0.25, 0.3) is 0 Å². The van der Waals surface area contributed by atoms with E-state index >= 15 is 0 Å². The van der Waals surface area contributed by atoms with E-state index in [9.17, 15) is 59.9 Å². The average molecular weight is 1580 g/mol. The minimum atomic E-state index is -4.57. The van der Waals surface area contributed by atoms with Crippen LogP contribution in [0.1, 0.15) is 160 Å². The van der Waals surface area contributed by atoms with Gasteiger partial charge >= 0.3 is 18.5 Å². The molecule has 24 heteroatoms. The van der Waals surface area contributed by atoms with E-state index in [1.54, 1.807) is 67.4 Å². The van der Waals surface area contributed by atoms with Crippen molar-refractivity contribution in [3.63, 3.8) is 0 Å². The normalized spacial score (nSPS) is 12.3. The first-order chi connectivity index (χ1) is 52.4. The molecule has 0 saturated heterocycles. The van der Waals surface area contributed by atoms with Gasteiger partial charge in [-0.3, -0.25) is 29.9 Å². The van der Waals surface area contributed by atoms with Crippen LogP contribution in [0.4, 0.5) is 39.5 Å². The summed E-state index contributed by atoms with van der Waals surface area (Å²) < 4.78 is 119. The number of hydrogen-bond acceptors (Lipinski definition) is 14. The van der Waals surface area contributed by atoms with E-state index in [0.717, 1.165) is 80.9 Å². The highest BCUT2D eigenvalue weighted by molar-refractivity contribution is 6.31. The van der Waals surface area contributed by atoms with Crippen LogP contribution in [0.2, 0.25) is 5.02 Å². The van der Waals surface area contributed by atoms with Crippen LogP contribution in [0.5, 0.6) is 23.0 Å². The monoisotopic (exact) mass is 1580 g/mol. The maximum atomic E-state index is 13.5. The molecule has 14 nitrogen and oxygen atoms in total. The molecule has 8 N–H and O–H groups in total. The van der Waals surface area contributed by atoms with Crippen molar-refractivity contribution in [3.05, 3.63) is 250 Å². The summed E-state index contributed by atoms with van der Waals surface area (Å²) in [6.45, 7) is 35.6. The van der Waals surface area contributed by atoms with Gasteiger partial charge in [-0.1, -0.05) is 74.8 Å². The van der Waals surface area contributed by atoms with Crippen molar-refractivity contribution in [2.24, 2.45) is 0 Å². The Kier molecular flexibility index (Phi) is 28.0. The molecule has 6 heterocycles. The third-order valence-corrected chi connectivity index (χ3v) is 18.0. The van der Waals surface area contributed by atoms with Gasteiger partial charge in [0.15, 0.2) is 0 Å². The van der Waals surface area contributed by atoms with E-state index in [0.29, 0.717) is 81.8 Å². The first kappa shape index (κ1) is 88.3. The summed E-state index contributed by atoms with van der Waals surface area (Å²) in [5.74, 6) is 0.313. The molecule has 0 unspecified atom stereocenters. The summed E-state index contributed by atoms with van der Waals surface area (Å²) >= 11 is 5.79. The molecular formula is C89H98ClF9N10O4. The fraction of sp³-hybridized carbons (Fsp3) is 0.326. The van der Waals surface area contributed by atoms with Gasteiger partial charge in [0.1, 0.15) is 28.7 Å². The maximum Gasteiger partial charge on any atom is 0.433 e. The van der Waals surface area contributed by atoms with Gasteiger partial charge < -0.3 is 41.7 Å². The molecule has 6 aromatic heterocycles. The molecule has 0 amide bonds. The number of aromatic hydroxyl groups is 4. The number of aromatic nitrogens is 6. The van der Waals surface area contributed by atoms with Crippen LogP contribution in [0, 0.1) is 13.8 Å². The molecule has 0 spiro atoms. The number of nitrogens with one attached hydrogen (secondary N) is 4. The summed E-state index contributed by atoms with van der Waals surface area (Å²) in [5, 5.41) is 56.5. The Labute approximate surface area is 660 Å². The van der Waals surface area contributed by atoms with Crippen LogP contribution >= 0.6 is 11.6 Å². The Morgan fingerprint density at radius 1 is 0.319 bits per heavy atom. The molecule has 0 aliphatic carbocycles. The van der Waals surface area contributed by atoms with Crippen LogP contribution in [0.3, 0.4) is 0 Å². The minimum Gasteiger partial charge on any atom is -0.507 e. The predicted octanol–water partition coefficient (Wildman–Crippen LogP) is 22.8. The number of aryl methyl sites for hydroxylation is 2. The van der Waals surface area contributed by atoms with Crippen molar-refractivity contribution in [2.45, 2.75) is 190 Å². The third kappa shape index (κ3) is 25.3. The van der Waals surface area contributed by atoms with Gasteiger partial charge in [-0.15, -0.1) is 0 Å². The van der Waals surface area contributed by atoms with Crippen molar-refractivity contribution < 1.29 is 59.9 Å². The second-order valence-corrected chi connectivity index (χ2v) is 33.1. The zero-order valence-corrected chi connectivity index (χ0v) is 67.2. The van der Waals surface area contributed by atoms with E-state index in [2.05, 4.69) is 71.9 Å². The molecule has 0 saturated carbocycles. The molecule has 0 atom stereocenters. The number of pyridine rings is 6. The second kappa shape index (κ2) is 35.8. The molecule has 11 aromatic rings. The van der Waals surface area contributed by atoms with E-state index in [4.69, 9.17) is 11.6 Å². The molecule has 0 aliphatic rings. The lowest BCUT2D eigenvalue weighted by atomic mass is 9.83. The van der Waals surface area contributed by atoms with Crippen molar-refractivity contribution in [2.75, 3.05) is 0 Å². The number of alkyl halides is 9. The van der Waals surface area contributed by atoms with Gasteiger partial charge in [-0.2, -0.15) is 39.5 Å². The SMILES string of the molecule is CC(C)(C)NCc1cc(-c2cccnc2)cc(-c2cccnc2)c1O.CC(C)(C)NCc1cc(C(C)(C)C)cc(-c2cnccc2C(F)(F)F)c1O.Cc1ccc(-c2cc(-c3ccc(C(F)(F)F)nc3)cc(CNC(C)(C)C)c2O)cn1.Cc1ccc(-c2cc(-c3ccc(Cl)c(C(F)(F)F)c3)cc(CNC(C)(C)C)c2O)cn1. The summed E-state index contributed by atoms with van der Waals surface area (Å²) in [6.07, 6.45) is 0.269. The van der Waals surface area contributed by atoms with Gasteiger partial charge in [0, 0.05) is 193 Å². The topological polar surface area (TPSA) is 206 Å². The van der Waals surface area contributed by atoms with Gasteiger partial charge in [-0.25, -0.2) is 0 Å². The Balaban J connectivity index is 0.000000189. The number of phenols is 4. The summed E-state index contributed by atoms with van der Waals surface area (Å²) in [4.78, 5) is 24.4. The zero-order chi connectivity index (χ0) is 83.6. The quantitative estimate of drug-likeness (QED) is 0.0450. The van der Waals surface area contributed by atoms with Crippen LogP contribution in [-0.4, -0.2) is 72.5 Å². The minimum absolute atomic E-state index is 0.0365. The smallest absolute Gasteiger partial charge is 0.433 e. The zero-order valence-electron chi connectivity index (χ0n) is 66.5. The molecule has 0 fully saturated rings. The fourth-order valence-electron chi connectivity index (χ4n) is 11.4. The van der Waals surface area contributed by atoms with E-state index in [-0.39, 0.29) is 66.7 Å². The summed E-state index contributed by atoms with van der Waals surface area (Å²) in [6, 6.07) is 36.6. The van der Waals surface area contributed by atoms with E-state index in [1.807, 2.05) is 170 Å². The Morgan fingerprint density at radius 2 is 0.681 bits per heavy atom. The lowest BCUT2D eigenvalue weighted by Gasteiger charge is -2.25. The number of halogens is 10. The number of phenolic OH excluding ortho intramolecular Hbond substituents is 4. The maximum absolute atomic E-state index is 13.5. The fourth-order valence-corrected chi connectivity index (χ4v) is 11.6. The van der Waals surface area contributed by atoms with Crippen LogP contribution < -0.4 is 21.3 Å². The number of hydrogen-bond donors (Lipinski definition) is 8. The van der Waals surface area contributed by atoms with Crippen LogP contribution in [0.25, 0.3) is 77.9 Å². The highest BCUT2D eigenvalue weighted by atomic mass is 35.5. The first-order valence-corrected chi connectivity index (χ1v) is 36.8. The largest absolute Gasteiger partial charge is 0.507 e. The number of nitrogens with zero attached hydrogens (tertiary/aromatic N) is 6. The van der Waals surface area contributed by atoms with E-state index < -0.39 is 35.3 Å². The molecule has 5 aromatic carbocycles. The summed E-state index contributed by atoms with van der Waals surface area (Å²) in [7, 11) is 0. The van der Waals surface area contributed by atoms with Crippen LogP contribution in [-0.2, 0) is 50.1 Å². The van der Waals surface area contributed by atoms with Crippen molar-refractivity contribution in [3.8, 4) is 101 Å². The summed E-state index contributed by atoms with van der Waals surface area (Å²) in [5.41, 5.74) is 9.86. The molecular weight excluding hydrogens is 1480 g/mol. The van der Waals surface area contributed by atoms with Crippen molar-refractivity contribution in [1.29, 1.82) is 0 Å². The molecule has 0 bridgehead atoms. The molecule has 598 valence electrons. The Morgan fingerprint density at radius 3 is 1.04 bits per heavy atom.